The van der Waals surface area contributed by atoms with Crippen molar-refractivity contribution in [2.45, 2.75) is 19.3 Å². The summed E-state index contributed by atoms with van der Waals surface area (Å²) in [6.07, 6.45) is 0. The second-order valence-corrected chi connectivity index (χ2v) is 14.0. The fraction of sp³-hybridized carbons (Fsp3) is 0.0612. The van der Waals surface area contributed by atoms with Crippen LogP contribution in [0.5, 0.6) is 0 Å². The van der Waals surface area contributed by atoms with Gasteiger partial charge in [0.25, 0.3) is 0 Å². The molecule has 49 heavy (non-hydrogen) atoms. The van der Waals surface area contributed by atoms with E-state index in [9.17, 15) is 0 Å². The molecule has 0 atom stereocenters. The molecule has 0 saturated heterocycles. The predicted octanol–water partition coefficient (Wildman–Crippen LogP) is 13.6. The Balaban J connectivity index is 1.17. The van der Waals surface area contributed by atoms with E-state index in [4.69, 9.17) is 0 Å². The van der Waals surface area contributed by atoms with E-state index in [1.165, 1.54) is 98.7 Å². The van der Waals surface area contributed by atoms with Gasteiger partial charge in [-0.15, -0.1) is 0 Å². The lowest BCUT2D eigenvalue weighted by molar-refractivity contribution is 0.661. The largest absolute Gasteiger partial charge is 0.0619 e. The molecule has 0 saturated carbocycles. The molecule has 10 rings (SSSR count). The zero-order valence-corrected chi connectivity index (χ0v) is 27.7. The molecule has 0 bridgehead atoms. The summed E-state index contributed by atoms with van der Waals surface area (Å²) < 4.78 is 0. The lowest BCUT2D eigenvalue weighted by Gasteiger charge is -2.23. The maximum atomic E-state index is 2.47. The summed E-state index contributed by atoms with van der Waals surface area (Å²) in [5.74, 6) is 0. The molecule has 230 valence electrons. The summed E-state index contributed by atoms with van der Waals surface area (Å²) in [5, 5.41) is 10.3. The molecule has 1 aliphatic carbocycles. The quantitative estimate of drug-likeness (QED) is 0.172. The van der Waals surface area contributed by atoms with Crippen LogP contribution in [0.1, 0.15) is 25.0 Å². The maximum absolute atomic E-state index is 2.47. The molecule has 0 fully saturated rings. The van der Waals surface area contributed by atoms with Gasteiger partial charge in [0.2, 0.25) is 0 Å². The molecule has 0 heteroatoms. The lowest BCUT2D eigenvalue weighted by atomic mass is 9.80. The van der Waals surface area contributed by atoms with Crippen molar-refractivity contribution in [3.8, 4) is 44.5 Å². The first-order valence-electron chi connectivity index (χ1n) is 17.3. The topological polar surface area (TPSA) is 0 Å². The normalized spacial score (nSPS) is 13.3. The molecule has 0 unspecified atom stereocenters. The van der Waals surface area contributed by atoms with E-state index in [0.29, 0.717) is 0 Å². The summed E-state index contributed by atoms with van der Waals surface area (Å²) in [6.45, 7) is 4.74. The van der Waals surface area contributed by atoms with E-state index in [-0.39, 0.29) is 5.41 Å². The lowest BCUT2D eigenvalue weighted by Crippen LogP contribution is -2.15. The molecule has 0 heterocycles. The van der Waals surface area contributed by atoms with Gasteiger partial charge in [0.1, 0.15) is 0 Å². The Morgan fingerprint density at radius 3 is 1.43 bits per heavy atom. The molecule has 0 aromatic heterocycles. The molecule has 1 aliphatic rings. The molecule has 0 amide bonds. The number of hydrogen-bond acceptors (Lipinski definition) is 0. The van der Waals surface area contributed by atoms with Crippen LogP contribution in [-0.2, 0) is 5.41 Å². The monoisotopic (exact) mass is 622 g/mol. The Labute approximate surface area is 286 Å². The third kappa shape index (κ3) is 4.11. The fourth-order valence-electron chi connectivity index (χ4n) is 8.70. The van der Waals surface area contributed by atoms with Gasteiger partial charge >= 0.3 is 0 Å². The average molecular weight is 623 g/mol. The van der Waals surface area contributed by atoms with Crippen LogP contribution in [0.2, 0.25) is 0 Å². The second kappa shape index (κ2) is 10.5. The van der Waals surface area contributed by atoms with Crippen molar-refractivity contribution in [2.75, 3.05) is 0 Å². The number of hydrogen-bond donors (Lipinski definition) is 0. The highest BCUT2D eigenvalue weighted by atomic mass is 14.4. The summed E-state index contributed by atoms with van der Waals surface area (Å²) in [7, 11) is 0. The van der Waals surface area contributed by atoms with Crippen LogP contribution in [0.4, 0.5) is 0 Å². The Morgan fingerprint density at radius 1 is 0.306 bits per heavy atom. The van der Waals surface area contributed by atoms with Crippen molar-refractivity contribution in [3.63, 3.8) is 0 Å². The third-order valence-corrected chi connectivity index (χ3v) is 11.0. The van der Waals surface area contributed by atoms with Crippen LogP contribution in [0.3, 0.4) is 0 Å². The standard InChI is InChI=1S/C49H34/c1-49(2)44-22-12-11-21-42(44)48-37-16-6-5-15-36(37)43(30-45(48)49)32-24-26-33(27-25-32)46-38-17-7-9-19-40(38)47(41-20-10-8-18-39(41)46)35-28-23-31-13-3-4-14-34(31)29-35/h3-30H,1-2H3. The first-order valence-corrected chi connectivity index (χ1v) is 17.3. The van der Waals surface area contributed by atoms with Gasteiger partial charge in [-0.05, 0) is 111 Å². The summed E-state index contributed by atoms with van der Waals surface area (Å²) in [4.78, 5) is 0. The fourth-order valence-corrected chi connectivity index (χ4v) is 8.70. The average Bonchev–Trinajstić information content (AvgIpc) is 3.39. The predicted molar refractivity (Wildman–Crippen MR) is 210 cm³/mol. The molecular formula is C49H34. The van der Waals surface area contributed by atoms with Crippen molar-refractivity contribution < 1.29 is 0 Å². The van der Waals surface area contributed by atoms with E-state index in [1.54, 1.807) is 0 Å². The van der Waals surface area contributed by atoms with Crippen LogP contribution in [0.15, 0.2) is 170 Å². The molecular weight excluding hydrogens is 589 g/mol. The second-order valence-electron chi connectivity index (χ2n) is 14.0. The highest BCUT2D eigenvalue weighted by Gasteiger charge is 2.36. The Hall–Kier alpha value is -5.98. The van der Waals surface area contributed by atoms with Gasteiger partial charge in [-0.2, -0.15) is 0 Å². The van der Waals surface area contributed by atoms with Gasteiger partial charge in [-0.3, -0.25) is 0 Å². The molecule has 0 radical (unpaired) electrons. The number of benzene rings is 9. The Kier molecular flexibility index (Phi) is 6.02. The van der Waals surface area contributed by atoms with Gasteiger partial charge in [-0.1, -0.05) is 172 Å². The number of fused-ring (bicyclic) bond motifs is 8. The first kappa shape index (κ1) is 28.1. The van der Waals surface area contributed by atoms with Gasteiger partial charge < -0.3 is 0 Å². The zero-order chi connectivity index (χ0) is 32.7. The minimum absolute atomic E-state index is 0.0603. The van der Waals surface area contributed by atoms with E-state index in [0.717, 1.165) is 0 Å². The van der Waals surface area contributed by atoms with Crippen LogP contribution >= 0.6 is 0 Å². The summed E-state index contributed by atoms with van der Waals surface area (Å²) >= 11 is 0. The first-order chi connectivity index (χ1) is 24.1. The number of rotatable bonds is 3. The van der Waals surface area contributed by atoms with Gasteiger partial charge in [0.15, 0.2) is 0 Å². The molecule has 9 aromatic rings. The summed E-state index contributed by atoms with van der Waals surface area (Å²) in [6, 6.07) is 63.1. The van der Waals surface area contributed by atoms with E-state index in [1.807, 2.05) is 0 Å². The van der Waals surface area contributed by atoms with Crippen molar-refractivity contribution in [1.29, 1.82) is 0 Å². The van der Waals surface area contributed by atoms with Crippen LogP contribution in [0, 0.1) is 0 Å². The minimum atomic E-state index is -0.0603. The van der Waals surface area contributed by atoms with Gasteiger partial charge in [-0.25, -0.2) is 0 Å². The maximum Gasteiger partial charge on any atom is 0.0159 e. The Bertz CT molecular complexity index is 2720. The highest BCUT2D eigenvalue weighted by Crippen LogP contribution is 2.53. The molecule has 0 N–H and O–H groups in total. The molecule has 9 aromatic carbocycles. The van der Waals surface area contributed by atoms with E-state index < -0.39 is 0 Å². The van der Waals surface area contributed by atoms with Crippen molar-refractivity contribution in [3.05, 3.63) is 181 Å². The molecule has 0 nitrogen and oxygen atoms in total. The van der Waals surface area contributed by atoms with E-state index in [2.05, 4.69) is 184 Å². The van der Waals surface area contributed by atoms with Crippen LogP contribution in [-0.4, -0.2) is 0 Å². The minimum Gasteiger partial charge on any atom is -0.0619 e. The smallest absolute Gasteiger partial charge is 0.0159 e. The van der Waals surface area contributed by atoms with Gasteiger partial charge in [0, 0.05) is 5.41 Å². The van der Waals surface area contributed by atoms with E-state index >= 15 is 0 Å². The third-order valence-electron chi connectivity index (χ3n) is 11.0. The van der Waals surface area contributed by atoms with Crippen molar-refractivity contribution in [2.24, 2.45) is 0 Å². The van der Waals surface area contributed by atoms with Crippen molar-refractivity contribution in [1.82, 2.24) is 0 Å². The molecule has 0 aliphatic heterocycles. The molecule has 0 spiro atoms. The van der Waals surface area contributed by atoms with Crippen LogP contribution < -0.4 is 0 Å². The van der Waals surface area contributed by atoms with Crippen molar-refractivity contribution >= 4 is 43.1 Å². The van der Waals surface area contributed by atoms with Crippen LogP contribution in [0.25, 0.3) is 87.6 Å². The Morgan fingerprint density at radius 2 is 0.776 bits per heavy atom. The van der Waals surface area contributed by atoms with Gasteiger partial charge in [0.05, 0.1) is 0 Å². The SMILES string of the molecule is CC1(C)c2ccccc2-c2c1cc(-c1ccc(-c3c4ccccc4c(-c4ccc5ccccc5c4)c4ccccc34)cc1)c1ccccc21. The summed E-state index contributed by atoms with van der Waals surface area (Å²) in [5.41, 5.74) is 13.1. The highest BCUT2D eigenvalue weighted by molar-refractivity contribution is 6.22. The zero-order valence-electron chi connectivity index (χ0n) is 27.7.